The van der Waals surface area contributed by atoms with Crippen molar-refractivity contribution in [2.45, 2.75) is 13.8 Å². The number of carbonyl (C=O) groups is 1. The quantitative estimate of drug-likeness (QED) is 0.422. The van der Waals surface area contributed by atoms with E-state index in [-0.39, 0.29) is 5.91 Å². The van der Waals surface area contributed by atoms with E-state index in [1.165, 1.54) is 0 Å². The van der Waals surface area contributed by atoms with E-state index in [1.54, 1.807) is 12.1 Å². The lowest BCUT2D eigenvalue weighted by atomic mass is 10.1. The number of nitrogens with one attached hydrogen (secondary N) is 2. The van der Waals surface area contributed by atoms with Crippen LogP contribution in [0.25, 0.3) is 16.5 Å². The number of hydrogen-bond acceptors (Lipinski definition) is 5. The van der Waals surface area contributed by atoms with Crippen LogP contribution in [0.15, 0.2) is 77.8 Å². The molecule has 3 aromatic carbocycles. The molecule has 0 radical (unpaired) electrons. The minimum absolute atomic E-state index is 0.143. The number of rotatable bonds is 5. The normalized spacial score (nSPS) is 12.6. The number of aliphatic imine (C=N–C) groups is 1. The Morgan fingerprint density at radius 1 is 0.879 bits per heavy atom. The van der Waals surface area contributed by atoms with Crippen LogP contribution in [0.4, 0.5) is 17.3 Å². The summed E-state index contributed by atoms with van der Waals surface area (Å²) < 4.78 is 0. The van der Waals surface area contributed by atoms with Gasteiger partial charge in [-0.15, -0.1) is 0 Å². The Kier molecular flexibility index (Phi) is 5.40. The zero-order chi connectivity index (χ0) is 22.8. The molecule has 0 atom stereocenters. The summed E-state index contributed by atoms with van der Waals surface area (Å²) in [7, 11) is 0. The number of aryl methyl sites for hydroxylation is 2. The van der Waals surface area contributed by atoms with Crippen LogP contribution in [-0.4, -0.2) is 28.6 Å². The van der Waals surface area contributed by atoms with Crippen LogP contribution in [0.5, 0.6) is 0 Å². The molecule has 6 nitrogen and oxygen atoms in total. The predicted octanol–water partition coefficient (Wildman–Crippen LogP) is 5.71. The highest BCUT2D eigenvalue weighted by atomic mass is 16.1. The summed E-state index contributed by atoms with van der Waals surface area (Å²) in [6.45, 7) is 4.64. The van der Waals surface area contributed by atoms with Crippen molar-refractivity contribution in [3.8, 4) is 0 Å². The molecular formula is C27H23N5O. The Hall–Kier alpha value is -4.32. The second kappa shape index (κ2) is 8.67. The molecule has 5 rings (SSSR count). The van der Waals surface area contributed by atoms with Gasteiger partial charge in [-0.1, -0.05) is 42.5 Å². The summed E-state index contributed by atoms with van der Waals surface area (Å²) in [5.41, 5.74) is 7.01. The Balaban J connectivity index is 1.38. The summed E-state index contributed by atoms with van der Waals surface area (Å²) in [5, 5.41) is 7.28. The number of benzene rings is 3. The van der Waals surface area contributed by atoms with E-state index in [2.05, 4.69) is 26.7 Å². The molecule has 1 aliphatic rings. The average molecular weight is 434 g/mol. The van der Waals surface area contributed by atoms with Crippen LogP contribution >= 0.6 is 0 Å². The maximum absolute atomic E-state index is 12.8. The van der Waals surface area contributed by atoms with E-state index in [9.17, 15) is 4.79 Å². The summed E-state index contributed by atoms with van der Waals surface area (Å²) in [6.07, 6.45) is 3.91. The Bertz CT molecular complexity index is 1400. The van der Waals surface area contributed by atoms with E-state index < -0.39 is 0 Å². The van der Waals surface area contributed by atoms with Gasteiger partial charge >= 0.3 is 0 Å². The molecule has 6 heteroatoms. The summed E-state index contributed by atoms with van der Waals surface area (Å²) in [4.78, 5) is 26.5. The van der Waals surface area contributed by atoms with Gasteiger partial charge in [0.1, 0.15) is 0 Å². The molecule has 0 saturated heterocycles. The van der Waals surface area contributed by atoms with Crippen molar-refractivity contribution < 1.29 is 4.79 Å². The van der Waals surface area contributed by atoms with Gasteiger partial charge in [0.05, 0.1) is 17.8 Å². The van der Waals surface area contributed by atoms with Crippen molar-refractivity contribution in [2.24, 2.45) is 4.99 Å². The molecular weight excluding hydrogens is 410 g/mol. The van der Waals surface area contributed by atoms with E-state index in [4.69, 9.17) is 4.98 Å². The van der Waals surface area contributed by atoms with Gasteiger partial charge in [-0.3, -0.25) is 9.79 Å². The lowest BCUT2D eigenvalue weighted by molar-refractivity contribution is 0.102. The molecule has 2 N–H and O–H groups in total. The van der Waals surface area contributed by atoms with Gasteiger partial charge in [0, 0.05) is 34.1 Å². The zero-order valence-corrected chi connectivity index (χ0v) is 18.5. The minimum Gasteiger partial charge on any atom is -0.324 e. The van der Waals surface area contributed by atoms with E-state index in [0.29, 0.717) is 18.1 Å². The lowest BCUT2D eigenvalue weighted by Crippen LogP contribution is -2.13. The SMILES string of the molecule is Cc1cccc(C)c1NC(=O)c1ccc(Nc2nc(C3=CCN=C3)c3ccccc3n2)cc1. The first kappa shape index (κ1) is 20.6. The molecule has 162 valence electrons. The third-order valence-corrected chi connectivity index (χ3v) is 5.65. The van der Waals surface area contributed by atoms with Gasteiger partial charge in [0.15, 0.2) is 0 Å². The fourth-order valence-electron chi connectivity index (χ4n) is 3.90. The van der Waals surface area contributed by atoms with Crippen LogP contribution in [-0.2, 0) is 0 Å². The number of hydrogen-bond donors (Lipinski definition) is 2. The van der Waals surface area contributed by atoms with Gasteiger partial charge in [-0.05, 0) is 55.3 Å². The topological polar surface area (TPSA) is 79.3 Å². The highest BCUT2D eigenvalue weighted by molar-refractivity contribution is 6.15. The molecule has 0 bridgehead atoms. The Morgan fingerprint density at radius 2 is 1.64 bits per heavy atom. The first-order valence-corrected chi connectivity index (χ1v) is 10.8. The highest BCUT2D eigenvalue weighted by Gasteiger charge is 2.13. The van der Waals surface area contributed by atoms with E-state index in [1.807, 2.05) is 74.7 Å². The smallest absolute Gasteiger partial charge is 0.255 e. The summed E-state index contributed by atoms with van der Waals surface area (Å²) in [5.74, 6) is 0.355. The minimum atomic E-state index is -0.143. The molecule has 4 aromatic rings. The number of amides is 1. The molecule has 0 aliphatic carbocycles. The molecule has 0 unspecified atom stereocenters. The van der Waals surface area contributed by atoms with E-state index >= 15 is 0 Å². The third kappa shape index (κ3) is 4.23. The largest absolute Gasteiger partial charge is 0.324 e. The van der Waals surface area contributed by atoms with E-state index in [0.717, 1.165) is 44.7 Å². The molecule has 33 heavy (non-hydrogen) atoms. The number of anilines is 3. The molecule has 1 aliphatic heterocycles. The third-order valence-electron chi connectivity index (χ3n) is 5.65. The predicted molar refractivity (Wildman–Crippen MR) is 134 cm³/mol. The number of fused-ring (bicyclic) bond motifs is 1. The summed E-state index contributed by atoms with van der Waals surface area (Å²) in [6, 6.07) is 21.2. The second-order valence-corrected chi connectivity index (χ2v) is 7.99. The number of carbonyl (C=O) groups excluding carboxylic acids is 1. The number of para-hydroxylation sites is 2. The van der Waals surface area contributed by atoms with Gasteiger partial charge in [0.25, 0.3) is 5.91 Å². The molecule has 1 amide bonds. The van der Waals surface area contributed by atoms with Crippen molar-refractivity contribution in [1.82, 2.24) is 9.97 Å². The van der Waals surface area contributed by atoms with Crippen molar-refractivity contribution >= 4 is 45.9 Å². The fourth-order valence-corrected chi connectivity index (χ4v) is 3.90. The zero-order valence-electron chi connectivity index (χ0n) is 18.5. The first-order valence-electron chi connectivity index (χ1n) is 10.8. The van der Waals surface area contributed by atoms with Crippen molar-refractivity contribution in [1.29, 1.82) is 0 Å². The van der Waals surface area contributed by atoms with Gasteiger partial charge in [0.2, 0.25) is 5.95 Å². The Morgan fingerprint density at radius 3 is 2.36 bits per heavy atom. The first-order chi connectivity index (χ1) is 16.1. The van der Waals surface area contributed by atoms with Crippen molar-refractivity contribution in [3.05, 3.63) is 95.2 Å². The van der Waals surface area contributed by atoms with Crippen LogP contribution in [0, 0.1) is 13.8 Å². The molecule has 1 aromatic heterocycles. The number of aromatic nitrogens is 2. The van der Waals surface area contributed by atoms with Crippen molar-refractivity contribution in [3.63, 3.8) is 0 Å². The van der Waals surface area contributed by atoms with Crippen LogP contribution in [0.1, 0.15) is 27.2 Å². The second-order valence-electron chi connectivity index (χ2n) is 7.99. The fraction of sp³-hybridized carbons (Fsp3) is 0.111. The average Bonchev–Trinajstić information content (AvgIpc) is 3.36. The molecule has 0 fully saturated rings. The van der Waals surface area contributed by atoms with Crippen LogP contribution in [0.2, 0.25) is 0 Å². The number of allylic oxidation sites excluding steroid dienone is 1. The molecule has 0 saturated carbocycles. The lowest BCUT2D eigenvalue weighted by Gasteiger charge is -2.12. The van der Waals surface area contributed by atoms with Gasteiger partial charge < -0.3 is 10.6 Å². The highest BCUT2D eigenvalue weighted by Crippen LogP contribution is 2.26. The summed E-state index contributed by atoms with van der Waals surface area (Å²) >= 11 is 0. The maximum Gasteiger partial charge on any atom is 0.255 e. The van der Waals surface area contributed by atoms with Gasteiger partial charge in [-0.25, -0.2) is 9.97 Å². The van der Waals surface area contributed by atoms with Crippen LogP contribution < -0.4 is 10.6 Å². The van der Waals surface area contributed by atoms with Crippen LogP contribution in [0.3, 0.4) is 0 Å². The maximum atomic E-state index is 12.8. The molecule has 2 heterocycles. The number of nitrogens with zero attached hydrogens (tertiary/aromatic N) is 3. The Labute approximate surface area is 192 Å². The molecule has 0 spiro atoms. The monoisotopic (exact) mass is 433 g/mol. The standard InChI is InChI=1S/C27H23N5O/c1-17-6-5-7-18(2)24(17)31-26(33)19-10-12-21(13-11-19)29-27-30-23-9-4-3-8-22(23)25(32-27)20-14-15-28-16-20/h3-14,16H,15H2,1-2H3,(H,31,33)(H,29,30,32). The van der Waals surface area contributed by atoms with Gasteiger partial charge in [-0.2, -0.15) is 0 Å². The van der Waals surface area contributed by atoms with Crippen molar-refractivity contribution in [2.75, 3.05) is 17.2 Å².